The normalized spacial score (nSPS) is 12.7. The van der Waals surface area contributed by atoms with Gasteiger partial charge in [-0.3, -0.25) is 0 Å². The molecule has 0 saturated heterocycles. The van der Waals surface area contributed by atoms with Crippen LogP contribution in [0.5, 0.6) is 0 Å². The van der Waals surface area contributed by atoms with Crippen molar-refractivity contribution in [2.45, 2.75) is 19.4 Å². The zero-order valence-electron chi connectivity index (χ0n) is 9.40. The van der Waals surface area contributed by atoms with Crippen LogP contribution in [0.1, 0.15) is 25.1 Å². The van der Waals surface area contributed by atoms with E-state index in [1.54, 1.807) is 12.5 Å². The lowest BCUT2D eigenvalue weighted by molar-refractivity contribution is 0.659. The van der Waals surface area contributed by atoms with Crippen molar-refractivity contribution >= 4 is 27.5 Å². The van der Waals surface area contributed by atoms with Crippen LogP contribution in [0.3, 0.4) is 0 Å². The summed E-state index contributed by atoms with van der Waals surface area (Å²) in [5, 5.41) is 0.696. The molecule has 1 heterocycles. The van der Waals surface area contributed by atoms with Crippen LogP contribution in [-0.4, -0.2) is 9.55 Å². The topological polar surface area (TPSA) is 43.8 Å². The molecular formula is C12H13BrClN3. The van der Waals surface area contributed by atoms with Gasteiger partial charge in [-0.1, -0.05) is 18.5 Å². The summed E-state index contributed by atoms with van der Waals surface area (Å²) < 4.78 is 2.90. The summed E-state index contributed by atoms with van der Waals surface area (Å²) in [7, 11) is 0. The number of hydrogen-bond donors (Lipinski definition) is 1. The van der Waals surface area contributed by atoms with Gasteiger partial charge in [-0.05, 0) is 40.5 Å². The molecule has 90 valence electrons. The molecule has 0 aliphatic carbocycles. The molecule has 1 aromatic carbocycles. The van der Waals surface area contributed by atoms with Gasteiger partial charge in [0, 0.05) is 15.5 Å². The van der Waals surface area contributed by atoms with Crippen molar-refractivity contribution in [2.75, 3.05) is 0 Å². The molecule has 17 heavy (non-hydrogen) atoms. The molecule has 1 atom stereocenters. The second-order valence-electron chi connectivity index (χ2n) is 3.80. The zero-order valence-corrected chi connectivity index (χ0v) is 11.7. The van der Waals surface area contributed by atoms with E-state index in [-0.39, 0.29) is 6.04 Å². The standard InChI is InChI=1S/C12H13BrClN3/c1-2-10(15)12-6-16-7-17(12)11-4-3-8(14)5-9(11)13/h3-7,10H,2,15H2,1H3/t10-/m1/s1. The van der Waals surface area contributed by atoms with E-state index >= 15 is 0 Å². The van der Waals surface area contributed by atoms with E-state index in [9.17, 15) is 0 Å². The molecule has 0 radical (unpaired) electrons. The second-order valence-corrected chi connectivity index (χ2v) is 5.09. The van der Waals surface area contributed by atoms with E-state index in [0.29, 0.717) is 5.02 Å². The highest BCUT2D eigenvalue weighted by molar-refractivity contribution is 9.10. The smallest absolute Gasteiger partial charge is 0.0995 e. The van der Waals surface area contributed by atoms with Gasteiger partial charge in [-0.2, -0.15) is 0 Å². The van der Waals surface area contributed by atoms with Crippen LogP contribution in [0.25, 0.3) is 5.69 Å². The van der Waals surface area contributed by atoms with E-state index in [4.69, 9.17) is 17.3 Å². The zero-order chi connectivity index (χ0) is 12.4. The molecule has 0 amide bonds. The number of imidazole rings is 1. The number of halogens is 2. The maximum absolute atomic E-state index is 6.05. The maximum atomic E-state index is 6.05. The molecule has 0 unspecified atom stereocenters. The summed E-state index contributed by atoms with van der Waals surface area (Å²) >= 11 is 9.43. The minimum absolute atomic E-state index is 0.0138. The van der Waals surface area contributed by atoms with E-state index in [2.05, 4.69) is 27.8 Å². The first-order valence-corrected chi connectivity index (χ1v) is 6.53. The lowest BCUT2D eigenvalue weighted by atomic mass is 10.2. The van der Waals surface area contributed by atoms with Crippen LogP contribution in [0.4, 0.5) is 0 Å². The van der Waals surface area contributed by atoms with Crippen molar-refractivity contribution < 1.29 is 0 Å². The fraction of sp³-hybridized carbons (Fsp3) is 0.250. The SMILES string of the molecule is CC[C@@H](N)c1cncn1-c1ccc(Cl)cc1Br. The largest absolute Gasteiger partial charge is 0.323 e. The van der Waals surface area contributed by atoms with Crippen molar-refractivity contribution in [3.05, 3.63) is 45.9 Å². The summed E-state index contributed by atoms with van der Waals surface area (Å²) in [5.74, 6) is 0. The fourth-order valence-corrected chi connectivity index (χ4v) is 2.54. The Balaban J connectivity index is 2.50. The Labute approximate surface area is 114 Å². The van der Waals surface area contributed by atoms with E-state index < -0.39 is 0 Å². The molecule has 3 nitrogen and oxygen atoms in total. The molecule has 0 aliphatic heterocycles. The molecule has 0 aliphatic rings. The molecule has 2 N–H and O–H groups in total. The van der Waals surface area contributed by atoms with Gasteiger partial charge in [0.2, 0.25) is 0 Å². The van der Waals surface area contributed by atoms with Gasteiger partial charge >= 0.3 is 0 Å². The van der Waals surface area contributed by atoms with Gasteiger partial charge in [0.05, 0.1) is 23.9 Å². The highest BCUT2D eigenvalue weighted by Gasteiger charge is 2.12. The second kappa shape index (κ2) is 5.21. The van der Waals surface area contributed by atoms with E-state index in [1.807, 2.05) is 22.8 Å². The molecule has 2 rings (SSSR count). The van der Waals surface area contributed by atoms with Crippen LogP contribution in [0.2, 0.25) is 5.02 Å². The van der Waals surface area contributed by atoms with Gasteiger partial charge in [-0.15, -0.1) is 0 Å². The quantitative estimate of drug-likeness (QED) is 0.939. The number of aromatic nitrogens is 2. The average molecular weight is 315 g/mol. The average Bonchev–Trinajstić information content (AvgIpc) is 2.77. The van der Waals surface area contributed by atoms with Crippen LogP contribution >= 0.6 is 27.5 Å². The predicted molar refractivity (Wildman–Crippen MR) is 73.5 cm³/mol. The molecule has 0 fully saturated rings. The third-order valence-corrected chi connectivity index (χ3v) is 3.53. The van der Waals surface area contributed by atoms with Crippen molar-refractivity contribution in [1.29, 1.82) is 0 Å². The van der Waals surface area contributed by atoms with Crippen LogP contribution in [0.15, 0.2) is 35.2 Å². The number of rotatable bonds is 3. The third kappa shape index (κ3) is 2.54. The van der Waals surface area contributed by atoms with E-state index in [0.717, 1.165) is 22.3 Å². The Bertz CT molecular complexity index is 524. The number of benzene rings is 1. The Morgan fingerprint density at radius 1 is 1.53 bits per heavy atom. The lowest BCUT2D eigenvalue weighted by Gasteiger charge is -2.14. The molecule has 0 bridgehead atoms. The van der Waals surface area contributed by atoms with Crippen LogP contribution in [-0.2, 0) is 0 Å². The summed E-state index contributed by atoms with van der Waals surface area (Å²) in [5.41, 5.74) is 8.04. The number of nitrogens with two attached hydrogens (primary N) is 1. The highest BCUT2D eigenvalue weighted by Crippen LogP contribution is 2.27. The molecular weight excluding hydrogens is 302 g/mol. The van der Waals surface area contributed by atoms with Gasteiger partial charge in [0.25, 0.3) is 0 Å². The van der Waals surface area contributed by atoms with Crippen LogP contribution < -0.4 is 5.73 Å². The number of hydrogen-bond acceptors (Lipinski definition) is 2. The summed E-state index contributed by atoms with van der Waals surface area (Å²) in [6.07, 6.45) is 4.44. The molecule has 0 saturated carbocycles. The Hall–Kier alpha value is -0.840. The van der Waals surface area contributed by atoms with Crippen molar-refractivity contribution in [3.63, 3.8) is 0 Å². The summed E-state index contributed by atoms with van der Waals surface area (Å²) in [6.45, 7) is 2.05. The van der Waals surface area contributed by atoms with Gasteiger partial charge in [-0.25, -0.2) is 4.98 Å². The van der Waals surface area contributed by atoms with Gasteiger partial charge in [0.1, 0.15) is 0 Å². The van der Waals surface area contributed by atoms with Gasteiger partial charge in [0.15, 0.2) is 0 Å². The van der Waals surface area contributed by atoms with Crippen molar-refractivity contribution in [3.8, 4) is 5.69 Å². The minimum atomic E-state index is -0.0138. The Morgan fingerprint density at radius 2 is 2.29 bits per heavy atom. The van der Waals surface area contributed by atoms with Crippen LogP contribution in [0, 0.1) is 0 Å². The summed E-state index contributed by atoms with van der Waals surface area (Å²) in [6, 6.07) is 5.64. The molecule has 5 heteroatoms. The predicted octanol–water partition coefficient (Wildman–Crippen LogP) is 3.70. The minimum Gasteiger partial charge on any atom is -0.323 e. The van der Waals surface area contributed by atoms with E-state index in [1.165, 1.54) is 0 Å². The maximum Gasteiger partial charge on any atom is 0.0995 e. The first-order valence-electron chi connectivity index (χ1n) is 5.36. The van der Waals surface area contributed by atoms with Crippen molar-refractivity contribution in [1.82, 2.24) is 9.55 Å². The Morgan fingerprint density at radius 3 is 2.94 bits per heavy atom. The van der Waals surface area contributed by atoms with Gasteiger partial charge < -0.3 is 10.3 Å². The highest BCUT2D eigenvalue weighted by atomic mass is 79.9. The molecule has 0 spiro atoms. The van der Waals surface area contributed by atoms with Crippen molar-refractivity contribution in [2.24, 2.45) is 5.73 Å². The molecule has 1 aromatic heterocycles. The Kier molecular flexibility index (Phi) is 3.86. The monoisotopic (exact) mass is 313 g/mol. The fourth-order valence-electron chi connectivity index (χ4n) is 1.67. The lowest BCUT2D eigenvalue weighted by Crippen LogP contribution is -2.13. The first kappa shape index (κ1) is 12.6. The summed E-state index contributed by atoms with van der Waals surface area (Å²) in [4.78, 5) is 4.16. The first-order chi connectivity index (χ1) is 8.13. The molecule has 2 aromatic rings. The third-order valence-electron chi connectivity index (χ3n) is 2.66. The number of nitrogens with zero attached hydrogens (tertiary/aromatic N) is 2.